The van der Waals surface area contributed by atoms with E-state index in [1.807, 2.05) is 6.92 Å². The molecule has 0 saturated carbocycles. The van der Waals surface area contributed by atoms with Crippen LogP contribution in [-0.4, -0.2) is 22.0 Å². The number of halogens is 3. The number of rotatable bonds is 6. The van der Waals surface area contributed by atoms with Gasteiger partial charge in [0.1, 0.15) is 0 Å². The summed E-state index contributed by atoms with van der Waals surface area (Å²) >= 11 is 0. The van der Waals surface area contributed by atoms with Crippen molar-refractivity contribution in [2.75, 3.05) is 0 Å². The summed E-state index contributed by atoms with van der Waals surface area (Å²) < 4.78 is 40.0. The van der Waals surface area contributed by atoms with Crippen LogP contribution in [0.1, 0.15) is 24.9 Å². The van der Waals surface area contributed by atoms with Crippen LogP contribution < -0.4 is 5.32 Å². The Morgan fingerprint density at radius 3 is 2.48 bits per heavy atom. The van der Waals surface area contributed by atoms with Crippen LogP contribution in [-0.2, 0) is 6.54 Å². The van der Waals surface area contributed by atoms with E-state index >= 15 is 0 Å². The number of aromatic nitrogens is 2. The topological polar surface area (TPSA) is 29.9 Å². The van der Waals surface area contributed by atoms with Crippen LogP contribution in [0.25, 0.3) is 0 Å². The van der Waals surface area contributed by atoms with Gasteiger partial charge < -0.3 is 5.32 Å². The largest absolute Gasteiger partial charge is 0.390 e. The van der Waals surface area contributed by atoms with Gasteiger partial charge in [-0.3, -0.25) is 4.68 Å². The lowest BCUT2D eigenvalue weighted by atomic mass is 10.0. The van der Waals surface area contributed by atoms with Gasteiger partial charge in [-0.1, -0.05) is 30.3 Å². The van der Waals surface area contributed by atoms with E-state index in [1.165, 1.54) is 0 Å². The minimum Gasteiger partial charge on any atom is -0.305 e. The molecule has 2 unspecified atom stereocenters. The van der Waals surface area contributed by atoms with Crippen LogP contribution in [0.4, 0.5) is 13.2 Å². The van der Waals surface area contributed by atoms with E-state index in [4.69, 9.17) is 0 Å². The fraction of sp³-hybridized carbons (Fsp3) is 0.400. The molecule has 0 aliphatic carbocycles. The summed E-state index contributed by atoms with van der Waals surface area (Å²) in [4.78, 5) is 0. The molecular formula is C15H18F3N3. The zero-order chi connectivity index (χ0) is 15.3. The van der Waals surface area contributed by atoms with Crippen molar-refractivity contribution in [2.24, 2.45) is 0 Å². The number of benzene rings is 1. The van der Waals surface area contributed by atoms with Crippen LogP contribution in [0.15, 0.2) is 48.8 Å². The Labute approximate surface area is 121 Å². The van der Waals surface area contributed by atoms with Crippen molar-refractivity contribution >= 4 is 0 Å². The standard InChI is InChI=1S/C15H18F3N3/c1-12(11-21-9-5-8-19-21)20-14(10-15(16,17)18)13-6-3-2-4-7-13/h2-9,12,14,20H,10-11H2,1H3. The molecule has 0 bridgehead atoms. The highest BCUT2D eigenvalue weighted by atomic mass is 19.4. The molecule has 0 spiro atoms. The molecule has 0 amide bonds. The van der Waals surface area contributed by atoms with Crippen LogP contribution in [0.2, 0.25) is 0 Å². The van der Waals surface area contributed by atoms with E-state index in [2.05, 4.69) is 10.4 Å². The lowest BCUT2D eigenvalue weighted by molar-refractivity contribution is -0.140. The summed E-state index contributed by atoms with van der Waals surface area (Å²) in [7, 11) is 0. The molecule has 0 fully saturated rings. The number of hydrogen-bond donors (Lipinski definition) is 1. The quantitative estimate of drug-likeness (QED) is 0.883. The van der Waals surface area contributed by atoms with E-state index in [0.717, 1.165) is 0 Å². The Hall–Kier alpha value is -1.82. The first-order chi connectivity index (χ1) is 9.94. The molecule has 114 valence electrons. The van der Waals surface area contributed by atoms with Crippen molar-refractivity contribution in [3.8, 4) is 0 Å². The van der Waals surface area contributed by atoms with Gasteiger partial charge in [-0.2, -0.15) is 18.3 Å². The maximum absolute atomic E-state index is 12.8. The minimum absolute atomic E-state index is 0.127. The second-order valence-corrected chi connectivity index (χ2v) is 5.08. The first-order valence-electron chi connectivity index (χ1n) is 6.79. The van der Waals surface area contributed by atoms with Crippen LogP contribution in [0.3, 0.4) is 0 Å². The van der Waals surface area contributed by atoms with Crippen LogP contribution in [0.5, 0.6) is 0 Å². The smallest absolute Gasteiger partial charge is 0.305 e. The summed E-state index contributed by atoms with van der Waals surface area (Å²) in [6.45, 7) is 2.38. The Morgan fingerprint density at radius 1 is 1.19 bits per heavy atom. The van der Waals surface area contributed by atoms with Crippen molar-refractivity contribution in [1.29, 1.82) is 0 Å². The molecule has 1 N–H and O–H groups in total. The van der Waals surface area contributed by atoms with Crippen LogP contribution in [0, 0.1) is 0 Å². The Kier molecular flexibility index (Phi) is 5.01. The van der Waals surface area contributed by atoms with Crippen molar-refractivity contribution in [3.05, 3.63) is 54.4 Å². The molecule has 21 heavy (non-hydrogen) atoms. The second-order valence-electron chi connectivity index (χ2n) is 5.08. The van der Waals surface area contributed by atoms with Gasteiger partial charge in [0.25, 0.3) is 0 Å². The number of hydrogen-bond acceptors (Lipinski definition) is 2. The average Bonchev–Trinajstić information content (AvgIpc) is 2.90. The molecule has 0 aliphatic heterocycles. The van der Waals surface area contributed by atoms with Gasteiger partial charge in [0.2, 0.25) is 0 Å². The highest BCUT2D eigenvalue weighted by molar-refractivity contribution is 5.19. The molecular weight excluding hydrogens is 279 g/mol. The molecule has 2 rings (SSSR count). The maximum Gasteiger partial charge on any atom is 0.390 e. The van der Waals surface area contributed by atoms with E-state index in [9.17, 15) is 13.2 Å². The highest BCUT2D eigenvalue weighted by Crippen LogP contribution is 2.29. The van der Waals surface area contributed by atoms with Gasteiger partial charge >= 0.3 is 6.18 Å². The fourth-order valence-electron chi connectivity index (χ4n) is 2.27. The van der Waals surface area contributed by atoms with E-state index in [1.54, 1.807) is 53.5 Å². The summed E-state index contributed by atoms with van der Waals surface area (Å²) in [5.41, 5.74) is 0.641. The van der Waals surface area contributed by atoms with Crippen molar-refractivity contribution in [2.45, 2.75) is 38.1 Å². The van der Waals surface area contributed by atoms with Gasteiger partial charge in [0.05, 0.1) is 13.0 Å². The van der Waals surface area contributed by atoms with Crippen molar-refractivity contribution < 1.29 is 13.2 Å². The monoisotopic (exact) mass is 297 g/mol. The molecule has 0 aliphatic rings. The molecule has 0 saturated heterocycles. The maximum atomic E-state index is 12.8. The van der Waals surface area contributed by atoms with E-state index < -0.39 is 18.6 Å². The summed E-state index contributed by atoms with van der Waals surface area (Å²) in [6, 6.07) is 9.62. The zero-order valence-corrected chi connectivity index (χ0v) is 11.7. The van der Waals surface area contributed by atoms with Crippen LogP contribution >= 0.6 is 0 Å². The van der Waals surface area contributed by atoms with E-state index in [-0.39, 0.29) is 6.04 Å². The third-order valence-corrected chi connectivity index (χ3v) is 3.14. The van der Waals surface area contributed by atoms with Gasteiger partial charge in [0.15, 0.2) is 0 Å². The molecule has 1 aromatic carbocycles. The number of alkyl halides is 3. The Balaban J connectivity index is 2.05. The first kappa shape index (κ1) is 15.6. The SMILES string of the molecule is CC(Cn1cccn1)NC(CC(F)(F)F)c1ccccc1. The average molecular weight is 297 g/mol. The predicted octanol–water partition coefficient (Wildman–Crippen LogP) is 3.55. The summed E-state index contributed by atoms with van der Waals surface area (Å²) in [5, 5.41) is 7.11. The highest BCUT2D eigenvalue weighted by Gasteiger charge is 2.33. The number of nitrogens with one attached hydrogen (secondary N) is 1. The molecule has 0 radical (unpaired) electrons. The molecule has 1 aromatic heterocycles. The summed E-state index contributed by atoms with van der Waals surface area (Å²) in [5.74, 6) is 0. The van der Waals surface area contributed by atoms with Gasteiger partial charge in [-0.25, -0.2) is 0 Å². The number of nitrogens with zero attached hydrogens (tertiary/aromatic N) is 2. The lowest BCUT2D eigenvalue weighted by Crippen LogP contribution is -2.36. The fourth-order valence-corrected chi connectivity index (χ4v) is 2.27. The van der Waals surface area contributed by atoms with E-state index in [0.29, 0.717) is 12.1 Å². The second kappa shape index (κ2) is 6.76. The normalized spacial score (nSPS) is 14.9. The van der Waals surface area contributed by atoms with Gasteiger partial charge in [-0.05, 0) is 18.6 Å². The molecule has 1 heterocycles. The molecule has 2 aromatic rings. The zero-order valence-electron chi connectivity index (χ0n) is 11.7. The molecule has 3 nitrogen and oxygen atoms in total. The first-order valence-corrected chi connectivity index (χ1v) is 6.79. The van der Waals surface area contributed by atoms with Gasteiger partial charge in [0, 0.05) is 24.5 Å². The third kappa shape index (κ3) is 5.23. The molecule has 6 heteroatoms. The lowest BCUT2D eigenvalue weighted by Gasteiger charge is -2.25. The summed E-state index contributed by atoms with van der Waals surface area (Å²) in [6.07, 6.45) is -1.66. The predicted molar refractivity (Wildman–Crippen MR) is 74.7 cm³/mol. The van der Waals surface area contributed by atoms with Crippen molar-refractivity contribution in [1.82, 2.24) is 15.1 Å². The Bertz CT molecular complexity index is 523. The third-order valence-electron chi connectivity index (χ3n) is 3.14. The minimum atomic E-state index is -4.21. The van der Waals surface area contributed by atoms with Crippen molar-refractivity contribution in [3.63, 3.8) is 0 Å². The Morgan fingerprint density at radius 2 is 1.90 bits per heavy atom. The molecule has 2 atom stereocenters. The van der Waals surface area contributed by atoms with Gasteiger partial charge in [-0.15, -0.1) is 0 Å².